The molecule has 0 radical (unpaired) electrons. The van der Waals surface area contributed by atoms with Gasteiger partial charge in [-0.2, -0.15) is 0 Å². The Morgan fingerprint density at radius 1 is 1.38 bits per heavy atom. The fourth-order valence-electron chi connectivity index (χ4n) is 2.04. The van der Waals surface area contributed by atoms with Crippen LogP contribution in [0, 0.1) is 5.82 Å². The molecule has 1 aromatic carbocycles. The zero-order valence-corrected chi connectivity index (χ0v) is 13.2. The van der Waals surface area contributed by atoms with Crippen LogP contribution in [-0.2, 0) is 4.74 Å². The average Bonchev–Trinajstić information content (AvgIpc) is 2.50. The van der Waals surface area contributed by atoms with Crippen LogP contribution < -0.4 is 4.74 Å². The smallest absolute Gasteiger partial charge is 0.176 e. The van der Waals surface area contributed by atoms with E-state index in [9.17, 15) is 9.18 Å². The number of benzene rings is 1. The van der Waals surface area contributed by atoms with Crippen molar-refractivity contribution in [3.05, 3.63) is 29.6 Å². The third-order valence-corrected chi connectivity index (χ3v) is 3.62. The quantitative estimate of drug-likeness (QED) is 0.657. The first-order chi connectivity index (χ1) is 10.0. The number of hydrogen-bond acceptors (Lipinski definition) is 4. The lowest BCUT2D eigenvalue weighted by atomic mass is 10.1. The largest absolute Gasteiger partial charge is 0.494 e. The number of ketones is 1. The summed E-state index contributed by atoms with van der Waals surface area (Å²) in [6.07, 6.45) is 0.938. The molecule has 118 valence electrons. The van der Waals surface area contributed by atoms with Crippen LogP contribution in [0.4, 0.5) is 4.39 Å². The molecule has 0 amide bonds. The topological polar surface area (TPSA) is 38.8 Å². The lowest BCUT2D eigenvalue weighted by Crippen LogP contribution is -2.39. The molecule has 1 atom stereocenters. The van der Waals surface area contributed by atoms with Crippen molar-refractivity contribution in [2.45, 2.75) is 26.3 Å². The zero-order chi connectivity index (χ0) is 15.8. The number of Topliss-reactive ketones (excluding diaryl/α,β-unsaturated/α-hetero) is 1. The molecule has 5 heteroatoms. The fraction of sp³-hybridized carbons (Fsp3) is 0.562. The molecule has 0 spiro atoms. The summed E-state index contributed by atoms with van der Waals surface area (Å²) in [6, 6.07) is 4.57. The van der Waals surface area contributed by atoms with Gasteiger partial charge >= 0.3 is 0 Å². The van der Waals surface area contributed by atoms with Crippen LogP contribution in [0.15, 0.2) is 18.2 Å². The molecule has 0 aliphatic heterocycles. The van der Waals surface area contributed by atoms with Crippen LogP contribution >= 0.6 is 0 Å². The van der Waals surface area contributed by atoms with Crippen molar-refractivity contribution in [2.75, 3.05) is 33.9 Å². The summed E-state index contributed by atoms with van der Waals surface area (Å²) in [5.74, 6) is -0.479. The maximum Gasteiger partial charge on any atom is 0.176 e. The minimum Gasteiger partial charge on any atom is -0.494 e. The molecular weight excluding hydrogens is 273 g/mol. The maximum absolute atomic E-state index is 13.7. The predicted molar refractivity (Wildman–Crippen MR) is 80.5 cm³/mol. The van der Waals surface area contributed by atoms with Crippen molar-refractivity contribution >= 4 is 5.78 Å². The van der Waals surface area contributed by atoms with E-state index in [0.29, 0.717) is 18.7 Å². The van der Waals surface area contributed by atoms with E-state index in [4.69, 9.17) is 9.47 Å². The number of methoxy groups -OCH3 is 2. The predicted octanol–water partition coefficient (Wildman–Crippen LogP) is 2.76. The SMILES string of the molecule is CCC(C)N(CCOC)CC(=O)c1ccc(OC)c(F)c1. The van der Waals surface area contributed by atoms with Crippen molar-refractivity contribution < 1.29 is 18.7 Å². The first-order valence-electron chi connectivity index (χ1n) is 7.13. The van der Waals surface area contributed by atoms with E-state index in [1.807, 2.05) is 4.90 Å². The highest BCUT2D eigenvalue weighted by Crippen LogP contribution is 2.18. The molecule has 21 heavy (non-hydrogen) atoms. The summed E-state index contributed by atoms with van der Waals surface area (Å²) in [5, 5.41) is 0. The Labute approximate surface area is 125 Å². The van der Waals surface area contributed by atoms with Crippen LogP contribution in [0.2, 0.25) is 0 Å². The molecule has 0 fully saturated rings. The van der Waals surface area contributed by atoms with Crippen LogP contribution in [0.5, 0.6) is 5.75 Å². The van der Waals surface area contributed by atoms with Gasteiger partial charge in [-0.1, -0.05) is 6.92 Å². The van der Waals surface area contributed by atoms with Gasteiger partial charge in [-0.05, 0) is 31.5 Å². The Balaban J connectivity index is 2.78. The van der Waals surface area contributed by atoms with E-state index in [0.717, 1.165) is 6.42 Å². The van der Waals surface area contributed by atoms with Crippen molar-refractivity contribution in [2.24, 2.45) is 0 Å². The van der Waals surface area contributed by atoms with E-state index in [2.05, 4.69) is 13.8 Å². The van der Waals surface area contributed by atoms with Gasteiger partial charge in [0.05, 0.1) is 20.3 Å². The average molecular weight is 297 g/mol. The molecule has 0 heterocycles. The van der Waals surface area contributed by atoms with Gasteiger partial charge in [0.1, 0.15) is 0 Å². The summed E-state index contributed by atoms with van der Waals surface area (Å²) in [5.41, 5.74) is 0.360. The second-order valence-corrected chi connectivity index (χ2v) is 4.99. The summed E-state index contributed by atoms with van der Waals surface area (Å²) < 4.78 is 23.6. The Morgan fingerprint density at radius 2 is 2.10 bits per heavy atom. The van der Waals surface area contributed by atoms with E-state index in [1.54, 1.807) is 13.2 Å². The first-order valence-corrected chi connectivity index (χ1v) is 7.13. The van der Waals surface area contributed by atoms with Crippen molar-refractivity contribution in [3.63, 3.8) is 0 Å². The van der Waals surface area contributed by atoms with E-state index in [1.165, 1.54) is 19.2 Å². The number of halogens is 1. The highest BCUT2D eigenvalue weighted by Gasteiger charge is 2.18. The lowest BCUT2D eigenvalue weighted by Gasteiger charge is -2.27. The van der Waals surface area contributed by atoms with Gasteiger partial charge in [0, 0.05) is 25.3 Å². The third-order valence-electron chi connectivity index (χ3n) is 3.62. The molecular formula is C16H24FNO3. The number of rotatable bonds is 9. The van der Waals surface area contributed by atoms with Gasteiger partial charge in [0.2, 0.25) is 0 Å². The first kappa shape index (κ1) is 17.6. The van der Waals surface area contributed by atoms with Crippen LogP contribution in [-0.4, -0.2) is 50.6 Å². The zero-order valence-electron chi connectivity index (χ0n) is 13.2. The molecule has 0 aliphatic carbocycles. The van der Waals surface area contributed by atoms with Crippen molar-refractivity contribution in [1.29, 1.82) is 0 Å². The summed E-state index contributed by atoms with van der Waals surface area (Å²) in [6.45, 7) is 5.63. The second kappa shape index (κ2) is 8.74. The van der Waals surface area contributed by atoms with Gasteiger partial charge in [-0.25, -0.2) is 4.39 Å². The molecule has 1 aromatic rings. The lowest BCUT2D eigenvalue weighted by molar-refractivity contribution is 0.0834. The minimum atomic E-state index is -0.518. The number of carbonyl (C=O) groups is 1. The molecule has 0 aliphatic rings. The van der Waals surface area contributed by atoms with Gasteiger partial charge in [0.15, 0.2) is 17.3 Å². The normalized spacial score (nSPS) is 12.5. The molecule has 1 unspecified atom stereocenters. The molecule has 0 saturated carbocycles. The van der Waals surface area contributed by atoms with E-state index in [-0.39, 0.29) is 24.1 Å². The Kier molecular flexibility index (Phi) is 7.32. The fourth-order valence-corrected chi connectivity index (χ4v) is 2.04. The molecule has 0 saturated heterocycles. The van der Waals surface area contributed by atoms with Gasteiger partial charge in [-0.15, -0.1) is 0 Å². The number of nitrogens with zero attached hydrogens (tertiary/aromatic N) is 1. The second-order valence-electron chi connectivity index (χ2n) is 4.99. The Morgan fingerprint density at radius 3 is 2.62 bits per heavy atom. The number of ether oxygens (including phenoxy) is 2. The summed E-state index contributed by atoms with van der Waals surface area (Å²) in [7, 11) is 3.03. The van der Waals surface area contributed by atoms with Gasteiger partial charge in [-0.3, -0.25) is 9.69 Å². The van der Waals surface area contributed by atoms with E-state index >= 15 is 0 Å². The monoisotopic (exact) mass is 297 g/mol. The maximum atomic E-state index is 13.7. The molecule has 0 bridgehead atoms. The summed E-state index contributed by atoms with van der Waals surface area (Å²) >= 11 is 0. The van der Waals surface area contributed by atoms with Crippen LogP contribution in [0.25, 0.3) is 0 Å². The molecule has 4 nitrogen and oxygen atoms in total. The highest BCUT2D eigenvalue weighted by molar-refractivity contribution is 5.97. The van der Waals surface area contributed by atoms with Crippen LogP contribution in [0.3, 0.4) is 0 Å². The van der Waals surface area contributed by atoms with E-state index < -0.39 is 5.82 Å². The standard InChI is InChI=1S/C16H24FNO3/c1-5-12(2)18(8-9-20-3)11-15(19)13-6-7-16(21-4)14(17)10-13/h6-7,10,12H,5,8-9,11H2,1-4H3. The van der Waals surface area contributed by atoms with Gasteiger partial charge in [0.25, 0.3) is 0 Å². The molecule has 0 N–H and O–H groups in total. The summed E-state index contributed by atoms with van der Waals surface area (Å²) in [4.78, 5) is 14.4. The van der Waals surface area contributed by atoms with Crippen molar-refractivity contribution in [3.8, 4) is 5.75 Å². The number of hydrogen-bond donors (Lipinski definition) is 0. The van der Waals surface area contributed by atoms with Gasteiger partial charge < -0.3 is 9.47 Å². The highest BCUT2D eigenvalue weighted by atomic mass is 19.1. The Hall–Kier alpha value is -1.46. The van der Waals surface area contributed by atoms with Crippen LogP contribution in [0.1, 0.15) is 30.6 Å². The molecule has 1 rings (SSSR count). The Bertz CT molecular complexity index is 465. The third kappa shape index (κ3) is 5.10. The minimum absolute atomic E-state index is 0.104. The van der Waals surface area contributed by atoms with Crippen molar-refractivity contribution in [1.82, 2.24) is 4.90 Å². The number of carbonyl (C=O) groups excluding carboxylic acids is 1. The molecule has 0 aromatic heterocycles.